The van der Waals surface area contributed by atoms with Crippen molar-refractivity contribution in [2.75, 3.05) is 6.61 Å². The first-order valence-corrected chi connectivity index (χ1v) is 14.6. The highest BCUT2D eigenvalue weighted by molar-refractivity contribution is 9.10. The molecule has 4 aromatic rings. The maximum atomic E-state index is 12.3. The van der Waals surface area contributed by atoms with E-state index in [1.807, 2.05) is 60.7 Å². The van der Waals surface area contributed by atoms with Crippen LogP contribution in [0.15, 0.2) is 111 Å². The van der Waals surface area contributed by atoms with Crippen LogP contribution in [0.5, 0.6) is 11.5 Å². The van der Waals surface area contributed by atoms with E-state index in [-0.39, 0.29) is 17.5 Å². The molecule has 218 valence electrons. The molecule has 0 aliphatic heterocycles. The lowest BCUT2D eigenvalue weighted by Gasteiger charge is -2.27. The number of benzene rings is 4. The Morgan fingerprint density at radius 1 is 0.738 bits per heavy atom. The molecule has 0 bridgehead atoms. The van der Waals surface area contributed by atoms with Gasteiger partial charge in [0.25, 0.3) is 0 Å². The van der Waals surface area contributed by atoms with Gasteiger partial charge in [-0.25, -0.2) is 0 Å². The summed E-state index contributed by atoms with van der Waals surface area (Å²) >= 11 is 6.92. The van der Waals surface area contributed by atoms with Crippen molar-refractivity contribution in [1.29, 1.82) is 0 Å². The second-order valence-corrected chi connectivity index (χ2v) is 10.8. The summed E-state index contributed by atoms with van der Waals surface area (Å²) in [6, 6.07) is 28.3. The van der Waals surface area contributed by atoms with E-state index >= 15 is 0 Å². The van der Waals surface area contributed by atoms with Gasteiger partial charge in [-0.1, -0.05) is 92.5 Å². The van der Waals surface area contributed by atoms with Gasteiger partial charge in [0.15, 0.2) is 6.10 Å². The summed E-state index contributed by atoms with van der Waals surface area (Å²) in [5.74, 6) is -0.827. The van der Waals surface area contributed by atoms with Gasteiger partial charge in [-0.3, -0.25) is 14.6 Å². The van der Waals surface area contributed by atoms with Gasteiger partial charge in [0.05, 0.1) is 12.3 Å². The smallest absolute Gasteiger partial charge is 0.303 e. The van der Waals surface area contributed by atoms with Crippen LogP contribution >= 0.6 is 31.9 Å². The molecule has 7 nitrogen and oxygen atoms in total. The average molecular weight is 697 g/mol. The first-order valence-electron chi connectivity index (χ1n) is 13.1. The molecule has 0 aliphatic carbocycles. The number of hydrogen-bond donors (Lipinski definition) is 2. The van der Waals surface area contributed by atoms with E-state index in [1.54, 1.807) is 37.3 Å². The van der Waals surface area contributed by atoms with E-state index < -0.39 is 18.1 Å². The van der Waals surface area contributed by atoms with Crippen molar-refractivity contribution in [3.8, 4) is 11.5 Å². The summed E-state index contributed by atoms with van der Waals surface area (Å²) in [6.45, 7) is 4.96. The standard InChI is InChI=1S/C29H23Br2NO4.C4H8O2/c1-18(33)36-29(24-17-22(31)13-15-26(24)35)28(23-16-21(30)12-14-25(23)34)32-27(19-8-4-2-5-9-19)20-10-6-3-7-11-20;1-3-6-4(2)5/h2-17,28-29,34-35H,1H3;3H2,1-2H3/t28-,29-;/m1./s1. The number of nitrogens with zero attached hydrogens (tertiary/aromatic N) is 1. The van der Waals surface area contributed by atoms with Gasteiger partial charge in [0.2, 0.25) is 0 Å². The quantitative estimate of drug-likeness (QED) is 0.143. The lowest BCUT2D eigenvalue weighted by Crippen LogP contribution is -2.19. The molecule has 0 aliphatic rings. The molecular formula is C33H31Br2NO6. The third kappa shape index (κ3) is 9.29. The molecule has 0 radical (unpaired) electrons. The van der Waals surface area contributed by atoms with Gasteiger partial charge in [0, 0.05) is 45.0 Å². The zero-order valence-electron chi connectivity index (χ0n) is 23.3. The van der Waals surface area contributed by atoms with Crippen molar-refractivity contribution < 1.29 is 29.3 Å². The minimum absolute atomic E-state index is 0.0148. The molecule has 9 heteroatoms. The fourth-order valence-electron chi connectivity index (χ4n) is 4.14. The molecule has 4 aromatic carbocycles. The highest BCUT2D eigenvalue weighted by Gasteiger charge is 2.33. The molecule has 0 saturated heterocycles. The maximum absolute atomic E-state index is 12.3. The first kappa shape index (κ1) is 32.6. The molecule has 4 rings (SSSR count). The Kier molecular flexibility index (Phi) is 12.3. The molecule has 0 amide bonds. The second kappa shape index (κ2) is 15.9. The van der Waals surface area contributed by atoms with Crippen molar-refractivity contribution in [3.05, 3.63) is 128 Å². The van der Waals surface area contributed by atoms with Gasteiger partial charge in [-0.15, -0.1) is 0 Å². The number of aromatic hydroxyl groups is 2. The number of halogens is 2. The SMILES string of the molecule is CC(=O)O[C@H](c1cc(Br)ccc1O)[C@H](N=C(c1ccccc1)c1ccccc1)c1cc(Br)ccc1O.CCOC(C)=O. The summed E-state index contributed by atoms with van der Waals surface area (Å²) in [6.07, 6.45) is -1.04. The van der Waals surface area contributed by atoms with Crippen LogP contribution in [0.2, 0.25) is 0 Å². The van der Waals surface area contributed by atoms with Crippen LogP contribution in [-0.4, -0.2) is 34.5 Å². The molecule has 2 N–H and O–H groups in total. The minimum atomic E-state index is -1.04. The van der Waals surface area contributed by atoms with Crippen molar-refractivity contribution in [2.45, 2.75) is 32.9 Å². The predicted molar refractivity (Wildman–Crippen MR) is 170 cm³/mol. The molecular weight excluding hydrogens is 666 g/mol. The Bertz CT molecular complexity index is 1490. The molecule has 0 spiro atoms. The van der Waals surface area contributed by atoms with Crippen LogP contribution in [0, 0.1) is 0 Å². The lowest BCUT2D eigenvalue weighted by atomic mass is 9.93. The van der Waals surface area contributed by atoms with Crippen LogP contribution < -0.4 is 0 Å². The number of carbonyl (C=O) groups is 2. The topological polar surface area (TPSA) is 105 Å². The van der Waals surface area contributed by atoms with E-state index in [9.17, 15) is 19.8 Å². The Labute approximate surface area is 262 Å². The molecule has 42 heavy (non-hydrogen) atoms. The highest BCUT2D eigenvalue weighted by atomic mass is 79.9. The Morgan fingerprint density at radius 2 is 1.21 bits per heavy atom. The molecule has 0 saturated carbocycles. The van der Waals surface area contributed by atoms with Gasteiger partial charge in [-0.05, 0) is 43.3 Å². The average Bonchev–Trinajstić information content (AvgIpc) is 2.96. The number of phenolic OH excluding ortho intramolecular Hbond substituents is 2. The van der Waals surface area contributed by atoms with Gasteiger partial charge in [-0.2, -0.15) is 0 Å². The number of aliphatic imine (C=N–C) groups is 1. The van der Waals surface area contributed by atoms with E-state index in [4.69, 9.17) is 9.73 Å². The highest BCUT2D eigenvalue weighted by Crippen LogP contribution is 2.44. The van der Waals surface area contributed by atoms with Gasteiger partial charge < -0.3 is 19.7 Å². The Morgan fingerprint density at radius 3 is 1.64 bits per heavy atom. The van der Waals surface area contributed by atoms with Crippen LogP contribution in [0.1, 0.15) is 55.2 Å². The predicted octanol–water partition coefficient (Wildman–Crippen LogP) is 8.08. The number of rotatable bonds is 8. The lowest BCUT2D eigenvalue weighted by molar-refractivity contribution is -0.148. The van der Waals surface area contributed by atoms with Crippen LogP contribution in [0.4, 0.5) is 0 Å². The molecule has 0 unspecified atom stereocenters. The van der Waals surface area contributed by atoms with Gasteiger partial charge in [0.1, 0.15) is 17.5 Å². The number of hydrogen-bond acceptors (Lipinski definition) is 7. The minimum Gasteiger partial charge on any atom is -0.508 e. The van der Waals surface area contributed by atoms with Crippen LogP contribution in [-0.2, 0) is 19.1 Å². The summed E-state index contributed by atoms with van der Waals surface area (Å²) < 4.78 is 11.6. The number of carbonyl (C=O) groups excluding carboxylic acids is 2. The summed E-state index contributed by atoms with van der Waals surface area (Å²) in [7, 11) is 0. The van der Waals surface area contributed by atoms with E-state index in [0.29, 0.717) is 27.9 Å². The normalized spacial score (nSPS) is 11.7. The second-order valence-electron chi connectivity index (χ2n) is 9.02. The maximum Gasteiger partial charge on any atom is 0.303 e. The van der Waals surface area contributed by atoms with Crippen LogP contribution in [0.25, 0.3) is 0 Å². The number of phenols is 2. The van der Waals surface area contributed by atoms with E-state index in [2.05, 4.69) is 36.6 Å². The fraction of sp³-hybridized carbons (Fsp3) is 0.182. The number of ether oxygens (including phenoxy) is 2. The molecule has 2 atom stereocenters. The monoisotopic (exact) mass is 695 g/mol. The third-order valence-corrected chi connectivity index (χ3v) is 6.88. The number of esters is 2. The first-order chi connectivity index (χ1) is 20.1. The molecule has 0 fully saturated rings. The Balaban J connectivity index is 0.000000730. The van der Waals surface area contributed by atoms with E-state index in [1.165, 1.54) is 19.9 Å². The largest absolute Gasteiger partial charge is 0.508 e. The summed E-state index contributed by atoms with van der Waals surface area (Å²) in [5, 5.41) is 21.7. The van der Waals surface area contributed by atoms with Crippen LogP contribution in [0.3, 0.4) is 0 Å². The van der Waals surface area contributed by atoms with Crippen molar-refractivity contribution >= 4 is 49.5 Å². The zero-order valence-corrected chi connectivity index (χ0v) is 26.5. The summed E-state index contributed by atoms with van der Waals surface area (Å²) in [4.78, 5) is 27.2. The summed E-state index contributed by atoms with van der Waals surface area (Å²) in [5.41, 5.74) is 3.13. The van der Waals surface area contributed by atoms with Crippen molar-refractivity contribution in [3.63, 3.8) is 0 Å². The van der Waals surface area contributed by atoms with Gasteiger partial charge >= 0.3 is 11.9 Å². The van der Waals surface area contributed by atoms with Crippen molar-refractivity contribution in [1.82, 2.24) is 0 Å². The van der Waals surface area contributed by atoms with E-state index in [0.717, 1.165) is 15.6 Å². The fourth-order valence-corrected chi connectivity index (χ4v) is 4.90. The molecule has 0 aromatic heterocycles. The zero-order chi connectivity index (χ0) is 30.6. The molecule has 0 heterocycles. The third-order valence-electron chi connectivity index (χ3n) is 5.89. The van der Waals surface area contributed by atoms with Crippen molar-refractivity contribution in [2.24, 2.45) is 4.99 Å². The Hall–Kier alpha value is -3.95.